The minimum atomic E-state index is -0.0728. The summed E-state index contributed by atoms with van der Waals surface area (Å²) in [5, 5.41) is 4.29. The van der Waals surface area contributed by atoms with E-state index in [2.05, 4.69) is 18.9 Å². The van der Waals surface area contributed by atoms with Crippen molar-refractivity contribution in [2.75, 3.05) is 20.1 Å². The quantitative estimate of drug-likeness (QED) is 0.851. The lowest BCUT2D eigenvalue weighted by Crippen LogP contribution is -2.40. The number of amides is 1. The number of aromatic nitrogens is 2. The van der Waals surface area contributed by atoms with Gasteiger partial charge >= 0.3 is 0 Å². The van der Waals surface area contributed by atoms with Gasteiger partial charge in [0, 0.05) is 20.6 Å². The van der Waals surface area contributed by atoms with Crippen molar-refractivity contribution < 1.29 is 4.79 Å². The molecule has 1 rings (SSSR count). The zero-order chi connectivity index (χ0) is 13.9. The van der Waals surface area contributed by atoms with E-state index in [4.69, 9.17) is 5.73 Å². The van der Waals surface area contributed by atoms with Gasteiger partial charge in [-0.2, -0.15) is 5.10 Å². The van der Waals surface area contributed by atoms with Crippen LogP contribution in [0.2, 0.25) is 0 Å². The molecule has 1 aromatic heterocycles. The van der Waals surface area contributed by atoms with Gasteiger partial charge in [0.25, 0.3) is 5.91 Å². The third-order valence-electron chi connectivity index (χ3n) is 3.08. The van der Waals surface area contributed by atoms with E-state index in [1.165, 1.54) is 0 Å². The molecule has 102 valence electrons. The number of nitrogens with two attached hydrogens (primary N) is 1. The fraction of sp³-hybridized carbons (Fsp3) is 0.692. The molecule has 5 nitrogen and oxygen atoms in total. The molecule has 1 aromatic rings. The Morgan fingerprint density at radius 2 is 2.17 bits per heavy atom. The first-order valence-corrected chi connectivity index (χ1v) is 6.29. The summed E-state index contributed by atoms with van der Waals surface area (Å²) in [4.78, 5) is 14.0. The van der Waals surface area contributed by atoms with Crippen molar-refractivity contribution in [1.82, 2.24) is 14.7 Å². The van der Waals surface area contributed by atoms with Crippen molar-refractivity contribution in [3.63, 3.8) is 0 Å². The minimum absolute atomic E-state index is 0.00812. The largest absolute Gasteiger partial charge is 0.340 e. The van der Waals surface area contributed by atoms with Gasteiger partial charge in [0.05, 0.1) is 5.69 Å². The number of carbonyl (C=O) groups is 1. The topological polar surface area (TPSA) is 64.2 Å². The Morgan fingerprint density at radius 1 is 1.56 bits per heavy atom. The van der Waals surface area contributed by atoms with Crippen LogP contribution in [0.1, 0.15) is 37.0 Å². The SMILES string of the molecule is CCc1cc(C(=O)N(C)CC(C)(C)CN)n(C)n1. The van der Waals surface area contributed by atoms with Crippen molar-refractivity contribution in [3.05, 3.63) is 17.5 Å². The Kier molecular flexibility index (Phi) is 4.51. The van der Waals surface area contributed by atoms with Gasteiger partial charge in [-0.3, -0.25) is 9.48 Å². The van der Waals surface area contributed by atoms with Crippen LogP contribution in [0.3, 0.4) is 0 Å². The summed E-state index contributed by atoms with van der Waals surface area (Å²) in [5.41, 5.74) is 7.18. The molecule has 0 saturated carbocycles. The lowest BCUT2D eigenvalue weighted by molar-refractivity contribution is 0.0729. The Labute approximate surface area is 109 Å². The molecule has 1 heterocycles. The van der Waals surface area contributed by atoms with Crippen LogP contribution in [0.4, 0.5) is 0 Å². The Hall–Kier alpha value is -1.36. The van der Waals surface area contributed by atoms with Crippen molar-refractivity contribution in [2.24, 2.45) is 18.2 Å². The summed E-state index contributed by atoms with van der Waals surface area (Å²) in [7, 11) is 3.60. The molecule has 2 N–H and O–H groups in total. The van der Waals surface area contributed by atoms with Crippen LogP contribution in [0.15, 0.2) is 6.07 Å². The van der Waals surface area contributed by atoms with E-state index in [0.717, 1.165) is 12.1 Å². The predicted octanol–water partition coefficient (Wildman–Crippen LogP) is 1.04. The van der Waals surface area contributed by atoms with Gasteiger partial charge in [-0.25, -0.2) is 0 Å². The molecule has 0 aliphatic rings. The highest BCUT2D eigenvalue weighted by Crippen LogP contribution is 2.16. The lowest BCUT2D eigenvalue weighted by Gasteiger charge is -2.28. The van der Waals surface area contributed by atoms with Crippen molar-refractivity contribution >= 4 is 5.91 Å². The molecule has 5 heteroatoms. The Morgan fingerprint density at radius 3 is 2.61 bits per heavy atom. The van der Waals surface area contributed by atoms with E-state index in [1.807, 2.05) is 13.0 Å². The van der Waals surface area contributed by atoms with Crippen molar-refractivity contribution in [3.8, 4) is 0 Å². The van der Waals surface area contributed by atoms with Gasteiger partial charge in [0.2, 0.25) is 0 Å². The highest BCUT2D eigenvalue weighted by atomic mass is 16.2. The van der Waals surface area contributed by atoms with E-state index in [9.17, 15) is 4.79 Å². The van der Waals surface area contributed by atoms with Crippen LogP contribution in [0, 0.1) is 5.41 Å². The number of hydrogen-bond acceptors (Lipinski definition) is 3. The maximum absolute atomic E-state index is 12.3. The molecule has 1 amide bonds. The Balaban J connectivity index is 2.83. The van der Waals surface area contributed by atoms with E-state index in [1.54, 1.807) is 23.7 Å². The maximum Gasteiger partial charge on any atom is 0.271 e. The van der Waals surface area contributed by atoms with Crippen molar-refractivity contribution in [1.29, 1.82) is 0 Å². The third-order valence-corrected chi connectivity index (χ3v) is 3.08. The number of aryl methyl sites for hydroxylation is 2. The molecule has 0 radical (unpaired) electrons. The molecule has 0 atom stereocenters. The monoisotopic (exact) mass is 252 g/mol. The third kappa shape index (κ3) is 3.32. The normalized spacial score (nSPS) is 11.7. The standard InChI is InChI=1S/C13H24N4O/c1-6-10-7-11(17(5)15-10)12(18)16(4)9-13(2,3)8-14/h7H,6,8-9,14H2,1-5H3. The fourth-order valence-electron chi connectivity index (χ4n) is 1.87. The average molecular weight is 252 g/mol. The second-order valence-electron chi connectivity index (χ2n) is 5.53. The van der Waals surface area contributed by atoms with Crippen LogP contribution < -0.4 is 5.73 Å². The minimum Gasteiger partial charge on any atom is -0.340 e. The van der Waals surface area contributed by atoms with Crippen LogP contribution in [0.5, 0.6) is 0 Å². The van der Waals surface area contributed by atoms with Crippen LogP contribution in [-0.4, -0.2) is 40.7 Å². The molecule has 0 unspecified atom stereocenters. The Bertz CT molecular complexity index is 423. The van der Waals surface area contributed by atoms with Gasteiger partial charge in [-0.1, -0.05) is 20.8 Å². The van der Waals surface area contributed by atoms with E-state index in [-0.39, 0.29) is 11.3 Å². The predicted molar refractivity (Wildman–Crippen MR) is 72.4 cm³/mol. The summed E-state index contributed by atoms with van der Waals surface area (Å²) < 4.78 is 1.65. The summed E-state index contributed by atoms with van der Waals surface area (Å²) in [6.07, 6.45) is 0.832. The first-order valence-electron chi connectivity index (χ1n) is 6.29. The summed E-state index contributed by atoms with van der Waals surface area (Å²) in [5.74, 6) is -0.00812. The molecular formula is C13H24N4O. The summed E-state index contributed by atoms with van der Waals surface area (Å²) >= 11 is 0. The van der Waals surface area contributed by atoms with Crippen LogP contribution >= 0.6 is 0 Å². The molecule has 0 aromatic carbocycles. The smallest absolute Gasteiger partial charge is 0.271 e. The van der Waals surface area contributed by atoms with E-state index < -0.39 is 0 Å². The number of hydrogen-bond donors (Lipinski definition) is 1. The van der Waals surface area contributed by atoms with E-state index >= 15 is 0 Å². The highest BCUT2D eigenvalue weighted by Gasteiger charge is 2.23. The van der Waals surface area contributed by atoms with Gasteiger partial charge < -0.3 is 10.6 Å². The molecule has 0 fully saturated rings. The molecule has 18 heavy (non-hydrogen) atoms. The van der Waals surface area contributed by atoms with Gasteiger partial charge in [-0.15, -0.1) is 0 Å². The van der Waals surface area contributed by atoms with Gasteiger partial charge in [0.1, 0.15) is 5.69 Å². The van der Waals surface area contributed by atoms with E-state index in [0.29, 0.717) is 18.8 Å². The van der Waals surface area contributed by atoms with Gasteiger partial charge in [-0.05, 0) is 24.4 Å². The molecule has 0 spiro atoms. The first kappa shape index (κ1) is 14.7. The maximum atomic E-state index is 12.3. The zero-order valence-corrected chi connectivity index (χ0v) is 12.0. The average Bonchev–Trinajstić information content (AvgIpc) is 2.69. The number of rotatable bonds is 5. The summed E-state index contributed by atoms with van der Waals surface area (Å²) in [6.45, 7) is 7.32. The molecule has 0 saturated heterocycles. The second kappa shape index (κ2) is 5.52. The van der Waals surface area contributed by atoms with Crippen LogP contribution in [-0.2, 0) is 13.5 Å². The highest BCUT2D eigenvalue weighted by molar-refractivity contribution is 5.92. The first-order chi connectivity index (χ1) is 8.30. The van der Waals surface area contributed by atoms with Gasteiger partial charge in [0.15, 0.2) is 0 Å². The number of carbonyl (C=O) groups excluding carboxylic acids is 1. The zero-order valence-electron chi connectivity index (χ0n) is 12.0. The lowest BCUT2D eigenvalue weighted by atomic mass is 9.93. The van der Waals surface area contributed by atoms with Crippen molar-refractivity contribution in [2.45, 2.75) is 27.2 Å². The molecular weight excluding hydrogens is 228 g/mol. The fourth-order valence-corrected chi connectivity index (χ4v) is 1.87. The molecule has 0 bridgehead atoms. The molecule has 0 aliphatic heterocycles. The summed E-state index contributed by atoms with van der Waals surface area (Å²) in [6, 6.07) is 1.86. The second-order valence-corrected chi connectivity index (χ2v) is 5.53. The molecule has 0 aliphatic carbocycles. The number of nitrogens with zero attached hydrogens (tertiary/aromatic N) is 3. The van der Waals surface area contributed by atoms with Crippen LogP contribution in [0.25, 0.3) is 0 Å².